The van der Waals surface area contributed by atoms with Crippen molar-refractivity contribution < 1.29 is 18.3 Å². The molecule has 3 aromatic rings. The molecule has 2 aromatic heterocycles. The predicted octanol–water partition coefficient (Wildman–Crippen LogP) is 3.03. The summed E-state index contributed by atoms with van der Waals surface area (Å²) >= 11 is -2.41. The predicted molar refractivity (Wildman–Crippen MR) is 124 cm³/mol. The van der Waals surface area contributed by atoms with Crippen LogP contribution in [0.1, 0.15) is 33.3 Å². The minimum Gasteiger partial charge on any atom is -0.772 e. The van der Waals surface area contributed by atoms with Crippen molar-refractivity contribution in [2.24, 2.45) is 13.0 Å². The van der Waals surface area contributed by atoms with Crippen LogP contribution in [0.5, 0.6) is 5.75 Å². The number of anilines is 1. The number of likely N-dealkylation sites (N-methyl/N-ethyl adjacent to an activating group) is 1. The summed E-state index contributed by atoms with van der Waals surface area (Å²) in [4.78, 5) is 30.1. The molecular weight excluding hydrogens is 430 g/mol. The van der Waals surface area contributed by atoms with E-state index in [0.29, 0.717) is 39.0 Å². The van der Waals surface area contributed by atoms with E-state index in [1.54, 1.807) is 58.5 Å². The molecule has 0 spiro atoms. The van der Waals surface area contributed by atoms with Gasteiger partial charge >= 0.3 is 0 Å². The number of aromatic amines is 1. The van der Waals surface area contributed by atoms with Crippen LogP contribution in [0.25, 0.3) is 22.0 Å². The number of H-pyrrole nitrogens is 1. The maximum absolute atomic E-state index is 13.0. The number of amides is 1. The van der Waals surface area contributed by atoms with Gasteiger partial charge in [0.05, 0.1) is 10.4 Å². The fourth-order valence-electron chi connectivity index (χ4n) is 4.02. The van der Waals surface area contributed by atoms with E-state index < -0.39 is 21.9 Å². The molecule has 0 bridgehead atoms. The average Bonchev–Trinajstić information content (AvgIpc) is 3.22. The van der Waals surface area contributed by atoms with E-state index in [4.69, 9.17) is 4.74 Å². The van der Waals surface area contributed by atoms with Gasteiger partial charge in [-0.1, -0.05) is 13.8 Å². The lowest BCUT2D eigenvalue weighted by molar-refractivity contribution is -0.127. The number of hydrogen-bond donors (Lipinski definition) is 1. The third-order valence-electron chi connectivity index (χ3n) is 6.15. The van der Waals surface area contributed by atoms with Crippen LogP contribution in [0.15, 0.2) is 35.4 Å². The van der Waals surface area contributed by atoms with Gasteiger partial charge in [0.1, 0.15) is 5.52 Å². The molecule has 8 nitrogen and oxygen atoms in total. The van der Waals surface area contributed by atoms with Crippen LogP contribution in [-0.2, 0) is 27.7 Å². The van der Waals surface area contributed by atoms with E-state index >= 15 is 0 Å². The Labute approximate surface area is 188 Å². The van der Waals surface area contributed by atoms with Gasteiger partial charge in [-0.2, -0.15) is 0 Å². The van der Waals surface area contributed by atoms with Crippen molar-refractivity contribution in [3.8, 4) is 16.9 Å². The number of aromatic nitrogens is 2. The standard InChI is InChI=1S/C23H27N3O5S/c1-12(2)19-22(28)26(6)17-10-13(23(3,4)32(29)30)9-15(20(17)31-19)16-11-25(5)21(27)18-14(16)7-8-24-18/h7-12,19,24H,1-6H3,(H,29,30)/p-1. The quantitative estimate of drug-likeness (QED) is 0.607. The minimum absolute atomic E-state index is 0.0661. The van der Waals surface area contributed by atoms with Crippen molar-refractivity contribution in [2.75, 3.05) is 11.9 Å². The first kappa shape index (κ1) is 22.3. The zero-order valence-corrected chi connectivity index (χ0v) is 19.7. The number of rotatable bonds is 4. The van der Waals surface area contributed by atoms with Crippen LogP contribution < -0.4 is 15.2 Å². The second-order valence-electron chi connectivity index (χ2n) is 9.02. The number of carbonyl (C=O) groups is 1. The molecule has 0 radical (unpaired) electrons. The molecule has 9 heteroatoms. The summed E-state index contributed by atoms with van der Waals surface area (Å²) < 4.78 is 30.6. The molecular formula is C23H26N3O5S-. The van der Waals surface area contributed by atoms with E-state index in [2.05, 4.69) is 4.98 Å². The molecule has 3 heterocycles. The van der Waals surface area contributed by atoms with Crippen molar-refractivity contribution in [3.05, 3.63) is 46.5 Å². The second kappa shape index (κ2) is 7.60. The lowest BCUT2D eigenvalue weighted by Crippen LogP contribution is -2.46. The van der Waals surface area contributed by atoms with Crippen LogP contribution in [-0.4, -0.2) is 37.4 Å². The summed E-state index contributed by atoms with van der Waals surface area (Å²) in [5, 5.41) is 0.692. The zero-order chi connectivity index (χ0) is 23.5. The van der Waals surface area contributed by atoms with Gasteiger partial charge in [0.15, 0.2) is 11.9 Å². The van der Waals surface area contributed by atoms with Crippen molar-refractivity contribution in [2.45, 2.75) is 38.5 Å². The molecule has 0 saturated heterocycles. The number of nitrogens with one attached hydrogen (secondary N) is 1. The number of aryl methyl sites for hydroxylation is 1. The maximum atomic E-state index is 13.0. The largest absolute Gasteiger partial charge is 0.772 e. The van der Waals surface area contributed by atoms with Crippen LogP contribution in [0.2, 0.25) is 0 Å². The van der Waals surface area contributed by atoms with Crippen molar-refractivity contribution in [1.29, 1.82) is 0 Å². The third kappa shape index (κ3) is 3.27. The van der Waals surface area contributed by atoms with Crippen LogP contribution >= 0.6 is 0 Å². The third-order valence-corrected chi connectivity index (χ3v) is 7.22. The number of pyridine rings is 1. The Balaban J connectivity index is 2.10. The number of nitrogens with zero attached hydrogens (tertiary/aromatic N) is 2. The molecule has 1 N–H and O–H groups in total. The topological polar surface area (TPSA) is 107 Å². The molecule has 1 aliphatic rings. The molecule has 2 atom stereocenters. The highest BCUT2D eigenvalue weighted by Crippen LogP contribution is 2.47. The van der Waals surface area contributed by atoms with Gasteiger partial charge in [-0.25, -0.2) is 0 Å². The molecule has 2 unspecified atom stereocenters. The smallest absolute Gasteiger partial charge is 0.274 e. The molecule has 4 rings (SSSR count). The molecule has 170 valence electrons. The van der Waals surface area contributed by atoms with Crippen LogP contribution in [0.4, 0.5) is 5.69 Å². The first-order valence-electron chi connectivity index (χ1n) is 10.3. The highest BCUT2D eigenvalue weighted by Gasteiger charge is 2.38. The highest BCUT2D eigenvalue weighted by molar-refractivity contribution is 7.80. The first-order valence-corrected chi connectivity index (χ1v) is 11.4. The second-order valence-corrected chi connectivity index (χ2v) is 10.5. The summed E-state index contributed by atoms with van der Waals surface area (Å²) in [5.74, 6) is 0.232. The van der Waals surface area contributed by atoms with Gasteiger partial charge in [0.25, 0.3) is 11.5 Å². The molecule has 1 aliphatic heterocycles. The number of ether oxygens (including phenoxy) is 1. The lowest BCUT2D eigenvalue weighted by atomic mass is 9.92. The average molecular weight is 457 g/mol. The van der Waals surface area contributed by atoms with Gasteiger partial charge in [-0.3, -0.25) is 13.8 Å². The van der Waals surface area contributed by atoms with Gasteiger partial charge in [-0.15, -0.1) is 0 Å². The normalized spacial score (nSPS) is 17.6. The van der Waals surface area contributed by atoms with Gasteiger partial charge in [0, 0.05) is 43.0 Å². The van der Waals surface area contributed by atoms with E-state index in [1.165, 1.54) is 9.47 Å². The van der Waals surface area contributed by atoms with Crippen molar-refractivity contribution >= 4 is 33.6 Å². The Morgan fingerprint density at radius 1 is 1.19 bits per heavy atom. The number of hydrogen-bond acceptors (Lipinski definition) is 5. The van der Waals surface area contributed by atoms with E-state index in [9.17, 15) is 18.4 Å². The summed E-state index contributed by atoms with van der Waals surface area (Å²) in [6.45, 7) is 7.04. The molecule has 1 amide bonds. The summed E-state index contributed by atoms with van der Waals surface area (Å²) in [6, 6.07) is 5.28. The zero-order valence-electron chi connectivity index (χ0n) is 18.9. The van der Waals surface area contributed by atoms with E-state index in [-0.39, 0.29) is 17.4 Å². The minimum atomic E-state index is -2.41. The van der Waals surface area contributed by atoms with Crippen LogP contribution in [0, 0.1) is 5.92 Å². The van der Waals surface area contributed by atoms with Gasteiger partial charge in [-0.05, 0) is 54.6 Å². The molecule has 32 heavy (non-hydrogen) atoms. The summed E-state index contributed by atoms with van der Waals surface area (Å²) in [7, 11) is 3.33. The fourth-order valence-corrected chi connectivity index (χ4v) is 4.33. The number of carbonyl (C=O) groups excluding carboxylic acids is 1. The monoisotopic (exact) mass is 456 g/mol. The Morgan fingerprint density at radius 2 is 1.88 bits per heavy atom. The first-order chi connectivity index (χ1) is 14.9. The van der Waals surface area contributed by atoms with Gasteiger partial charge < -0.3 is 23.7 Å². The SMILES string of the molecule is CC(C)C1Oc2c(-c3cn(C)c(=O)c4[nH]ccc34)cc(C(C)(C)S(=O)[O-])cc2N(C)C1=O. The van der Waals surface area contributed by atoms with Crippen molar-refractivity contribution in [1.82, 2.24) is 9.55 Å². The highest BCUT2D eigenvalue weighted by atomic mass is 32.2. The molecule has 0 saturated carbocycles. The Morgan fingerprint density at radius 3 is 2.50 bits per heavy atom. The summed E-state index contributed by atoms with van der Waals surface area (Å²) in [5.41, 5.74) is 2.61. The van der Waals surface area contributed by atoms with Gasteiger partial charge in [0.2, 0.25) is 0 Å². The summed E-state index contributed by atoms with van der Waals surface area (Å²) in [6.07, 6.45) is 2.73. The Kier molecular flexibility index (Phi) is 5.29. The maximum Gasteiger partial charge on any atom is 0.274 e. The Hall–Kier alpha value is -2.91. The molecule has 0 aliphatic carbocycles. The van der Waals surface area contributed by atoms with Crippen LogP contribution in [0.3, 0.4) is 0 Å². The molecule has 1 aromatic carbocycles. The molecule has 0 fully saturated rings. The van der Waals surface area contributed by atoms with E-state index in [1.807, 2.05) is 13.8 Å². The van der Waals surface area contributed by atoms with Crippen molar-refractivity contribution in [3.63, 3.8) is 0 Å². The fraction of sp³-hybridized carbons (Fsp3) is 0.391. The number of fused-ring (bicyclic) bond motifs is 2. The Bertz CT molecular complexity index is 1320. The number of benzene rings is 1. The lowest BCUT2D eigenvalue weighted by Gasteiger charge is -2.37. The van der Waals surface area contributed by atoms with E-state index in [0.717, 1.165) is 0 Å².